The van der Waals surface area contributed by atoms with Crippen LogP contribution in [0.5, 0.6) is 17.2 Å². The van der Waals surface area contributed by atoms with Crippen molar-refractivity contribution in [1.82, 2.24) is 14.5 Å². The van der Waals surface area contributed by atoms with E-state index in [4.69, 9.17) is 14.2 Å². The van der Waals surface area contributed by atoms with Crippen molar-refractivity contribution in [3.8, 4) is 22.9 Å². The lowest BCUT2D eigenvalue weighted by Crippen LogP contribution is -2.04. The minimum atomic E-state index is 0.535. The lowest BCUT2D eigenvalue weighted by Gasteiger charge is -2.16. The highest BCUT2D eigenvalue weighted by Gasteiger charge is 2.18. The van der Waals surface area contributed by atoms with Gasteiger partial charge in [0.1, 0.15) is 11.3 Å². The molecular formula is C22H23N5O3. The molecule has 0 aliphatic rings. The van der Waals surface area contributed by atoms with Gasteiger partial charge in [0, 0.05) is 30.9 Å². The van der Waals surface area contributed by atoms with Gasteiger partial charge in [-0.3, -0.25) is 4.57 Å². The van der Waals surface area contributed by atoms with E-state index in [0.717, 1.165) is 22.4 Å². The Balaban J connectivity index is 1.88. The van der Waals surface area contributed by atoms with Crippen molar-refractivity contribution in [3.05, 3.63) is 54.7 Å². The number of hydrogen-bond acceptors (Lipinski definition) is 7. The second-order valence-corrected chi connectivity index (χ2v) is 6.45. The first-order valence-corrected chi connectivity index (χ1v) is 9.37. The molecule has 0 bridgehead atoms. The van der Waals surface area contributed by atoms with Crippen molar-refractivity contribution in [1.29, 1.82) is 0 Å². The molecule has 2 aromatic carbocycles. The average Bonchev–Trinajstić information content (AvgIpc) is 3.16. The first-order valence-electron chi connectivity index (χ1n) is 9.37. The number of imidazole rings is 1. The maximum atomic E-state index is 5.52. The molecule has 2 heterocycles. The molecule has 0 saturated carbocycles. The highest BCUT2D eigenvalue weighted by Crippen LogP contribution is 2.40. The first-order chi connectivity index (χ1) is 14.7. The number of benzene rings is 2. The number of anilines is 3. The average molecular weight is 405 g/mol. The highest BCUT2D eigenvalue weighted by molar-refractivity contribution is 5.84. The molecule has 154 valence electrons. The molecular weight excluding hydrogens is 382 g/mol. The van der Waals surface area contributed by atoms with Crippen LogP contribution in [0, 0.1) is 0 Å². The summed E-state index contributed by atoms with van der Waals surface area (Å²) in [6.07, 6.45) is 1.75. The molecule has 0 amide bonds. The predicted molar refractivity (Wildman–Crippen MR) is 118 cm³/mol. The van der Waals surface area contributed by atoms with Gasteiger partial charge in [0.05, 0.1) is 38.7 Å². The predicted octanol–water partition coefficient (Wildman–Crippen LogP) is 4.23. The van der Waals surface area contributed by atoms with Gasteiger partial charge in [-0.25, -0.2) is 9.97 Å². The Labute approximate surface area is 174 Å². The van der Waals surface area contributed by atoms with Crippen LogP contribution >= 0.6 is 0 Å². The third kappa shape index (κ3) is 3.43. The van der Waals surface area contributed by atoms with E-state index in [1.54, 1.807) is 27.5 Å². The fourth-order valence-electron chi connectivity index (χ4n) is 3.34. The molecule has 0 spiro atoms. The number of para-hydroxylation sites is 1. The summed E-state index contributed by atoms with van der Waals surface area (Å²) in [5, 5.41) is 6.47. The van der Waals surface area contributed by atoms with Crippen LogP contribution in [0.15, 0.2) is 54.7 Å². The Hall–Kier alpha value is -3.94. The molecule has 4 rings (SSSR count). The number of ether oxygens (including phenoxy) is 3. The van der Waals surface area contributed by atoms with Crippen LogP contribution in [0.4, 0.5) is 17.5 Å². The summed E-state index contributed by atoms with van der Waals surface area (Å²) < 4.78 is 18.5. The molecule has 0 unspecified atom stereocenters. The molecule has 8 heteroatoms. The van der Waals surface area contributed by atoms with Gasteiger partial charge in [-0.2, -0.15) is 0 Å². The molecule has 2 N–H and O–H groups in total. The fourth-order valence-corrected chi connectivity index (χ4v) is 3.34. The Morgan fingerprint density at radius 2 is 1.60 bits per heavy atom. The van der Waals surface area contributed by atoms with Crippen molar-refractivity contribution < 1.29 is 14.2 Å². The van der Waals surface area contributed by atoms with E-state index in [1.165, 1.54) is 0 Å². The zero-order chi connectivity index (χ0) is 21.1. The molecule has 0 radical (unpaired) electrons. The molecule has 0 saturated heterocycles. The minimum absolute atomic E-state index is 0.535. The number of nitrogens with one attached hydrogen (secondary N) is 2. The summed E-state index contributed by atoms with van der Waals surface area (Å²) in [4.78, 5) is 9.15. The van der Waals surface area contributed by atoms with Gasteiger partial charge >= 0.3 is 0 Å². The van der Waals surface area contributed by atoms with Crippen LogP contribution in [-0.2, 0) is 0 Å². The first kappa shape index (κ1) is 19.4. The van der Waals surface area contributed by atoms with Crippen molar-refractivity contribution >= 4 is 28.5 Å². The van der Waals surface area contributed by atoms with E-state index in [-0.39, 0.29) is 0 Å². The SMILES string of the molecule is CNc1nc2cnc(Nc3ccccc3)cc2n1-c1cc(OC)c(OC)c(OC)c1. The Morgan fingerprint density at radius 3 is 2.20 bits per heavy atom. The number of pyridine rings is 1. The zero-order valence-corrected chi connectivity index (χ0v) is 17.3. The van der Waals surface area contributed by atoms with Gasteiger partial charge in [-0.1, -0.05) is 18.2 Å². The molecule has 0 atom stereocenters. The second kappa shape index (κ2) is 8.20. The molecule has 8 nitrogen and oxygen atoms in total. The molecule has 30 heavy (non-hydrogen) atoms. The minimum Gasteiger partial charge on any atom is -0.493 e. The van der Waals surface area contributed by atoms with Crippen LogP contribution in [0.3, 0.4) is 0 Å². The maximum absolute atomic E-state index is 5.52. The normalized spacial score (nSPS) is 10.7. The van der Waals surface area contributed by atoms with Gasteiger partial charge in [0.2, 0.25) is 11.7 Å². The van der Waals surface area contributed by atoms with Crippen LogP contribution in [0.2, 0.25) is 0 Å². The summed E-state index contributed by atoms with van der Waals surface area (Å²) in [5.41, 5.74) is 3.40. The molecule has 0 aliphatic heterocycles. The topological polar surface area (TPSA) is 82.5 Å². The van der Waals surface area contributed by atoms with Gasteiger partial charge in [-0.15, -0.1) is 0 Å². The third-order valence-corrected chi connectivity index (χ3v) is 4.72. The maximum Gasteiger partial charge on any atom is 0.208 e. The Kier molecular flexibility index (Phi) is 5.30. The number of rotatable bonds is 7. The molecule has 4 aromatic rings. The van der Waals surface area contributed by atoms with Crippen molar-refractivity contribution in [2.24, 2.45) is 0 Å². The van der Waals surface area contributed by atoms with Crippen LogP contribution in [0.1, 0.15) is 0 Å². The number of aromatic nitrogens is 3. The molecule has 0 aliphatic carbocycles. The van der Waals surface area contributed by atoms with E-state index in [0.29, 0.717) is 29.0 Å². The van der Waals surface area contributed by atoms with Gasteiger partial charge in [0.15, 0.2) is 11.5 Å². The summed E-state index contributed by atoms with van der Waals surface area (Å²) in [7, 11) is 6.60. The highest BCUT2D eigenvalue weighted by atomic mass is 16.5. The van der Waals surface area contributed by atoms with Crippen LogP contribution in [0.25, 0.3) is 16.7 Å². The summed E-state index contributed by atoms with van der Waals surface area (Å²) in [5.74, 6) is 3.04. The van der Waals surface area contributed by atoms with Crippen molar-refractivity contribution in [2.45, 2.75) is 0 Å². The Bertz CT molecular complexity index is 1150. The third-order valence-electron chi connectivity index (χ3n) is 4.72. The largest absolute Gasteiger partial charge is 0.493 e. The monoisotopic (exact) mass is 405 g/mol. The van der Waals surface area contributed by atoms with Crippen molar-refractivity contribution in [2.75, 3.05) is 39.0 Å². The fraction of sp³-hybridized carbons (Fsp3) is 0.182. The van der Waals surface area contributed by atoms with Crippen LogP contribution in [-0.4, -0.2) is 42.9 Å². The number of hydrogen-bond donors (Lipinski definition) is 2. The molecule has 0 fully saturated rings. The smallest absolute Gasteiger partial charge is 0.208 e. The number of nitrogens with zero attached hydrogens (tertiary/aromatic N) is 3. The quantitative estimate of drug-likeness (QED) is 0.476. The summed E-state index contributed by atoms with van der Waals surface area (Å²) in [6.45, 7) is 0. The standard InChI is InChI=1S/C22H23N5O3/c1-23-22-26-16-13-24-20(25-14-8-6-5-7-9-14)12-17(16)27(22)15-10-18(28-2)21(30-4)19(11-15)29-3/h5-13H,1-4H3,(H,23,26)(H,24,25). The zero-order valence-electron chi connectivity index (χ0n) is 17.3. The Morgan fingerprint density at radius 1 is 0.900 bits per heavy atom. The van der Waals surface area contributed by atoms with E-state index in [9.17, 15) is 0 Å². The van der Waals surface area contributed by atoms with E-state index in [2.05, 4.69) is 20.6 Å². The van der Waals surface area contributed by atoms with Crippen LogP contribution < -0.4 is 24.8 Å². The summed E-state index contributed by atoms with van der Waals surface area (Å²) in [6, 6.07) is 15.6. The van der Waals surface area contributed by atoms with Gasteiger partial charge < -0.3 is 24.8 Å². The van der Waals surface area contributed by atoms with Gasteiger partial charge in [0.25, 0.3) is 0 Å². The number of methoxy groups -OCH3 is 3. The lowest BCUT2D eigenvalue weighted by atomic mass is 10.2. The van der Waals surface area contributed by atoms with Crippen molar-refractivity contribution in [3.63, 3.8) is 0 Å². The second-order valence-electron chi connectivity index (χ2n) is 6.45. The van der Waals surface area contributed by atoms with E-state index in [1.807, 2.05) is 60.1 Å². The van der Waals surface area contributed by atoms with Gasteiger partial charge in [-0.05, 0) is 12.1 Å². The summed E-state index contributed by atoms with van der Waals surface area (Å²) >= 11 is 0. The van der Waals surface area contributed by atoms with E-state index < -0.39 is 0 Å². The molecule has 2 aromatic heterocycles. The van der Waals surface area contributed by atoms with E-state index >= 15 is 0 Å². The number of fused-ring (bicyclic) bond motifs is 1. The lowest BCUT2D eigenvalue weighted by molar-refractivity contribution is 0.324.